The normalized spacial score (nSPS) is 10.4. The van der Waals surface area contributed by atoms with E-state index in [1.54, 1.807) is 25.1 Å². The summed E-state index contributed by atoms with van der Waals surface area (Å²) in [5.74, 6) is -1.16. The lowest BCUT2D eigenvalue weighted by Gasteiger charge is -2.09. The molecule has 0 aliphatic carbocycles. The van der Waals surface area contributed by atoms with Crippen LogP contribution in [0.4, 0.5) is 15.8 Å². The molecule has 0 aliphatic rings. The van der Waals surface area contributed by atoms with Gasteiger partial charge in [0.15, 0.2) is 0 Å². The molecule has 0 fully saturated rings. The van der Waals surface area contributed by atoms with Gasteiger partial charge < -0.3 is 11.1 Å². The van der Waals surface area contributed by atoms with Crippen LogP contribution in [0, 0.1) is 12.7 Å². The summed E-state index contributed by atoms with van der Waals surface area (Å²) in [5, 5.41) is 3.03. The molecule has 0 heterocycles. The summed E-state index contributed by atoms with van der Waals surface area (Å²) in [4.78, 5) is 12.1. The van der Waals surface area contributed by atoms with Crippen molar-refractivity contribution in [3.8, 4) is 0 Å². The van der Waals surface area contributed by atoms with Crippen LogP contribution in [-0.4, -0.2) is 5.91 Å². The molecule has 2 rings (SSSR count). The average molecular weight is 358 g/mol. The zero-order chi connectivity index (χ0) is 14.9. The van der Waals surface area contributed by atoms with Gasteiger partial charge in [0.25, 0.3) is 5.91 Å². The smallest absolute Gasteiger partial charge is 0.258 e. The second-order valence-corrected chi connectivity index (χ2v) is 5.54. The van der Waals surface area contributed by atoms with E-state index in [0.29, 0.717) is 26.4 Å². The van der Waals surface area contributed by atoms with Crippen molar-refractivity contribution in [1.29, 1.82) is 0 Å². The van der Waals surface area contributed by atoms with Crippen LogP contribution < -0.4 is 11.1 Å². The van der Waals surface area contributed by atoms with Gasteiger partial charge in [0, 0.05) is 15.8 Å². The highest BCUT2D eigenvalue weighted by Gasteiger charge is 2.15. The van der Waals surface area contributed by atoms with E-state index in [4.69, 9.17) is 17.3 Å². The van der Waals surface area contributed by atoms with E-state index in [-0.39, 0.29) is 5.56 Å². The number of carbonyl (C=O) groups excluding carboxylic acids is 1. The van der Waals surface area contributed by atoms with Gasteiger partial charge in [-0.3, -0.25) is 4.79 Å². The van der Waals surface area contributed by atoms with Gasteiger partial charge in [-0.2, -0.15) is 0 Å². The lowest BCUT2D eigenvalue weighted by molar-refractivity contribution is 0.102. The van der Waals surface area contributed by atoms with Crippen molar-refractivity contribution in [2.45, 2.75) is 6.92 Å². The third kappa shape index (κ3) is 3.11. The molecular formula is C14H11BrClFN2O. The van der Waals surface area contributed by atoms with Gasteiger partial charge in [0.1, 0.15) is 5.82 Å². The first-order valence-corrected chi connectivity index (χ1v) is 6.87. The first kappa shape index (κ1) is 14.8. The fraction of sp³-hybridized carbons (Fsp3) is 0.0714. The van der Waals surface area contributed by atoms with Crippen molar-refractivity contribution in [2.75, 3.05) is 11.1 Å². The quantitative estimate of drug-likeness (QED) is 0.783. The maximum absolute atomic E-state index is 13.9. The van der Waals surface area contributed by atoms with E-state index in [1.807, 2.05) is 0 Å². The van der Waals surface area contributed by atoms with Crippen molar-refractivity contribution >= 4 is 44.8 Å². The molecule has 3 nitrogen and oxygen atoms in total. The molecule has 3 N–H and O–H groups in total. The summed E-state index contributed by atoms with van der Waals surface area (Å²) >= 11 is 9.18. The Morgan fingerprint density at radius 3 is 2.70 bits per heavy atom. The fourth-order valence-electron chi connectivity index (χ4n) is 1.74. The number of hydrogen-bond acceptors (Lipinski definition) is 2. The van der Waals surface area contributed by atoms with Crippen molar-refractivity contribution in [1.82, 2.24) is 0 Å². The second-order valence-electron chi connectivity index (χ2n) is 4.28. The Hall–Kier alpha value is -1.59. The number of nitrogens with one attached hydrogen (secondary N) is 1. The molecule has 0 spiro atoms. The first-order valence-electron chi connectivity index (χ1n) is 5.70. The van der Waals surface area contributed by atoms with E-state index in [2.05, 4.69) is 21.2 Å². The molecule has 1 amide bonds. The number of hydrogen-bond donors (Lipinski definition) is 2. The molecule has 0 atom stereocenters. The minimum Gasteiger partial charge on any atom is -0.399 e. The molecule has 0 bridgehead atoms. The molecule has 6 heteroatoms. The molecule has 0 unspecified atom stereocenters. The topological polar surface area (TPSA) is 55.1 Å². The largest absolute Gasteiger partial charge is 0.399 e. The van der Waals surface area contributed by atoms with E-state index in [9.17, 15) is 9.18 Å². The summed E-state index contributed by atoms with van der Waals surface area (Å²) in [6.45, 7) is 1.55. The number of rotatable bonds is 2. The van der Waals surface area contributed by atoms with E-state index < -0.39 is 11.7 Å². The van der Waals surface area contributed by atoms with Crippen LogP contribution in [0.25, 0.3) is 0 Å². The Morgan fingerprint density at radius 2 is 2.05 bits per heavy atom. The van der Waals surface area contributed by atoms with Gasteiger partial charge in [-0.1, -0.05) is 11.6 Å². The summed E-state index contributed by atoms with van der Waals surface area (Å²) in [6, 6.07) is 7.70. The van der Waals surface area contributed by atoms with Crippen LogP contribution in [0.15, 0.2) is 34.8 Å². The van der Waals surface area contributed by atoms with Crippen LogP contribution in [0.1, 0.15) is 15.9 Å². The maximum atomic E-state index is 13.9. The van der Waals surface area contributed by atoms with Gasteiger partial charge in [-0.05, 0) is 58.7 Å². The lowest BCUT2D eigenvalue weighted by atomic mass is 10.1. The molecule has 0 aliphatic heterocycles. The molecule has 2 aromatic carbocycles. The third-order valence-electron chi connectivity index (χ3n) is 2.70. The van der Waals surface area contributed by atoms with E-state index in [1.165, 1.54) is 12.1 Å². The van der Waals surface area contributed by atoms with Crippen LogP contribution >= 0.6 is 27.5 Å². The molecule has 2 aromatic rings. The minimum atomic E-state index is -0.583. The Morgan fingerprint density at radius 1 is 1.35 bits per heavy atom. The highest BCUT2D eigenvalue weighted by Crippen LogP contribution is 2.26. The van der Waals surface area contributed by atoms with Crippen LogP contribution in [0.3, 0.4) is 0 Å². The zero-order valence-corrected chi connectivity index (χ0v) is 12.8. The summed E-state index contributed by atoms with van der Waals surface area (Å²) in [7, 11) is 0. The first-order chi connectivity index (χ1) is 9.38. The molecule has 0 aromatic heterocycles. The third-order valence-corrected chi connectivity index (χ3v) is 3.93. The van der Waals surface area contributed by atoms with Gasteiger partial charge in [-0.25, -0.2) is 4.39 Å². The van der Waals surface area contributed by atoms with Gasteiger partial charge in [0.2, 0.25) is 0 Å². The van der Waals surface area contributed by atoms with Crippen molar-refractivity contribution in [2.24, 2.45) is 0 Å². The number of anilines is 2. The molecule has 104 valence electrons. The Balaban J connectivity index is 2.30. The van der Waals surface area contributed by atoms with Crippen molar-refractivity contribution in [3.05, 3.63) is 56.8 Å². The van der Waals surface area contributed by atoms with Crippen molar-refractivity contribution in [3.63, 3.8) is 0 Å². The SMILES string of the molecule is Cc1cc(N)cc(C(=O)Nc2ccc(Br)c(Cl)c2)c1F. The molecule has 0 saturated heterocycles. The maximum Gasteiger partial charge on any atom is 0.258 e. The Bertz CT molecular complexity index is 691. The number of amides is 1. The van der Waals surface area contributed by atoms with Crippen molar-refractivity contribution < 1.29 is 9.18 Å². The molecule has 0 radical (unpaired) electrons. The standard InChI is InChI=1S/C14H11BrClFN2O/c1-7-4-8(18)5-10(13(7)17)14(20)19-9-2-3-11(15)12(16)6-9/h2-6H,18H2,1H3,(H,19,20). The number of halogens is 3. The van der Waals surface area contributed by atoms with Gasteiger partial charge >= 0.3 is 0 Å². The number of carbonyl (C=O) groups is 1. The van der Waals surface area contributed by atoms with Gasteiger partial charge in [-0.15, -0.1) is 0 Å². The number of nitrogen functional groups attached to an aromatic ring is 1. The summed E-state index contributed by atoms with van der Waals surface area (Å²) < 4.78 is 14.6. The highest BCUT2D eigenvalue weighted by molar-refractivity contribution is 9.10. The summed E-state index contributed by atoms with van der Waals surface area (Å²) in [6.07, 6.45) is 0. The van der Waals surface area contributed by atoms with E-state index >= 15 is 0 Å². The number of benzene rings is 2. The highest BCUT2D eigenvalue weighted by atomic mass is 79.9. The molecule has 20 heavy (non-hydrogen) atoms. The Labute approximate surface area is 129 Å². The predicted molar refractivity (Wildman–Crippen MR) is 82.7 cm³/mol. The lowest BCUT2D eigenvalue weighted by Crippen LogP contribution is -2.15. The fourth-order valence-corrected chi connectivity index (χ4v) is 2.16. The minimum absolute atomic E-state index is 0.0958. The molecular weight excluding hydrogens is 347 g/mol. The number of aryl methyl sites for hydroxylation is 1. The monoisotopic (exact) mass is 356 g/mol. The average Bonchev–Trinajstić information content (AvgIpc) is 2.38. The summed E-state index contributed by atoms with van der Waals surface area (Å²) in [5.41, 5.74) is 6.67. The zero-order valence-electron chi connectivity index (χ0n) is 10.5. The van der Waals surface area contributed by atoms with Crippen LogP contribution in [0.5, 0.6) is 0 Å². The Kier molecular flexibility index (Phi) is 4.30. The second kappa shape index (κ2) is 5.81. The van der Waals surface area contributed by atoms with Crippen LogP contribution in [-0.2, 0) is 0 Å². The predicted octanol–water partition coefficient (Wildman–Crippen LogP) is 4.38. The molecule has 0 saturated carbocycles. The van der Waals surface area contributed by atoms with E-state index in [0.717, 1.165) is 0 Å². The van der Waals surface area contributed by atoms with Gasteiger partial charge in [0.05, 0.1) is 10.6 Å². The number of nitrogens with two attached hydrogens (primary N) is 1. The van der Waals surface area contributed by atoms with Crippen LogP contribution in [0.2, 0.25) is 5.02 Å².